The molecule has 0 spiro atoms. The molecule has 1 heterocycles. The van der Waals surface area contributed by atoms with Crippen molar-refractivity contribution in [2.24, 2.45) is 7.05 Å². The molecule has 0 saturated heterocycles. The Hall–Kier alpha value is -1.78. The first kappa shape index (κ1) is 14.2. The van der Waals surface area contributed by atoms with Gasteiger partial charge in [-0.3, -0.25) is 4.68 Å². The highest BCUT2D eigenvalue weighted by molar-refractivity contribution is 9.10. The molecule has 2 aromatic carbocycles. The highest BCUT2D eigenvalue weighted by Gasteiger charge is 2.09. The number of nitrogens with zero attached hydrogens (tertiary/aromatic N) is 2. The fraction of sp³-hybridized carbons (Fsp3) is 0.0625. The fourth-order valence-electron chi connectivity index (χ4n) is 2.21. The molecule has 0 aliphatic carbocycles. The Bertz CT molecular complexity index is 763. The van der Waals surface area contributed by atoms with Gasteiger partial charge < -0.3 is 5.32 Å². The molecule has 1 N–H and O–H groups in total. The Morgan fingerprint density at radius 2 is 1.81 bits per heavy atom. The van der Waals surface area contributed by atoms with Crippen LogP contribution in [0.5, 0.6) is 0 Å². The summed E-state index contributed by atoms with van der Waals surface area (Å²) < 4.78 is 2.83. The molecule has 5 heteroatoms. The average molecular weight is 363 g/mol. The van der Waals surface area contributed by atoms with Gasteiger partial charge in [0, 0.05) is 29.0 Å². The van der Waals surface area contributed by atoms with Crippen molar-refractivity contribution in [3.8, 4) is 11.3 Å². The van der Waals surface area contributed by atoms with Crippen LogP contribution >= 0.6 is 27.5 Å². The van der Waals surface area contributed by atoms with Crippen molar-refractivity contribution in [3.05, 3.63) is 64.2 Å². The van der Waals surface area contributed by atoms with Crippen LogP contribution in [0.4, 0.5) is 11.4 Å². The molecular formula is C16H13BrClN3. The number of anilines is 2. The van der Waals surface area contributed by atoms with Gasteiger partial charge in [-0.1, -0.05) is 29.8 Å². The number of benzene rings is 2. The van der Waals surface area contributed by atoms with Gasteiger partial charge >= 0.3 is 0 Å². The molecule has 106 valence electrons. The fourth-order valence-corrected chi connectivity index (χ4v) is 2.98. The Labute approximate surface area is 136 Å². The van der Waals surface area contributed by atoms with E-state index in [9.17, 15) is 0 Å². The summed E-state index contributed by atoms with van der Waals surface area (Å²) in [7, 11) is 1.93. The lowest BCUT2D eigenvalue weighted by Gasteiger charge is -2.09. The summed E-state index contributed by atoms with van der Waals surface area (Å²) in [4.78, 5) is 0. The summed E-state index contributed by atoms with van der Waals surface area (Å²) in [5, 5.41) is 8.32. The molecule has 3 aromatic rings. The van der Waals surface area contributed by atoms with Crippen molar-refractivity contribution in [2.75, 3.05) is 5.32 Å². The maximum absolute atomic E-state index is 6.01. The van der Waals surface area contributed by atoms with Crippen molar-refractivity contribution >= 4 is 38.9 Å². The van der Waals surface area contributed by atoms with E-state index in [1.165, 1.54) is 0 Å². The maximum Gasteiger partial charge on any atom is 0.0821 e. The van der Waals surface area contributed by atoms with E-state index in [0.717, 1.165) is 27.1 Å². The average Bonchev–Trinajstić information content (AvgIpc) is 2.78. The summed E-state index contributed by atoms with van der Waals surface area (Å²) in [6.07, 6.45) is 1.80. The number of hydrogen-bond donors (Lipinski definition) is 1. The van der Waals surface area contributed by atoms with Crippen LogP contribution in [0.1, 0.15) is 0 Å². The van der Waals surface area contributed by atoms with E-state index in [4.69, 9.17) is 11.6 Å². The topological polar surface area (TPSA) is 29.9 Å². The Kier molecular flexibility index (Phi) is 3.99. The van der Waals surface area contributed by atoms with Gasteiger partial charge in [-0.05, 0) is 46.3 Å². The molecule has 0 atom stereocenters. The maximum atomic E-state index is 6.01. The van der Waals surface area contributed by atoms with Gasteiger partial charge in [0.2, 0.25) is 0 Å². The molecule has 1 aromatic heterocycles. The van der Waals surface area contributed by atoms with E-state index < -0.39 is 0 Å². The van der Waals surface area contributed by atoms with E-state index in [1.54, 1.807) is 6.20 Å². The minimum Gasteiger partial charge on any atom is -0.355 e. The predicted octanol–water partition coefficient (Wildman–Crippen LogP) is 5.25. The highest BCUT2D eigenvalue weighted by Crippen LogP contribution is 2.30. The first-order valence-electron chi connectivity index (χ1n) is 6.44. The monoisotopic (exact) mass is 361 g/mol. The first-order valence-corrected chi connectivity index (χ1v) is 7.61. The molecule has 0 fully saturated rings. The van der Waals surface area contributed by atoms with Crippen LogP contribution in [0.25, 0.3) is 11.3 Å². The van der Waals surface area contributed by atoms with Crippen LogP contribution in [-0.4, -0.2) is 9.78 Å². The smallest absolute Gasteiger partial charge is 0.0821 e. The predicted molar refractivity (Wildman–Crippen MR) is 91.1 cm³/mol. The zero-order valence-corrected chi connectivity index (χ0v) is 13.7. The SMILES string of the molecule is Cn1ncc(Br)c1-c1cccc(Nc2cccc(Cl)c2)c1. The Balaban J connectivity index is 1.94. The largest absolute Gasteiger partial charge is 0.355 e. The molecule has 0 aliphatic rings. The number of aryl methyl sites for hydroxylation is 1. The van der Waals surface area contributed by atoms with Gasteiger partial charge in [-0.15, -0.1) is 0 Å². The van der Waals surface area contributed by atoms with Gasteiger partial charge in [-0.2, -0.15) is 5.10 Å². The second-order valence-corrected chi connectivity index (χ2v) is 5.97. The molecule has 3 nitrogen and oxygen atoms in total. The van der Waals surface area contributed by atoms with Crippen molar-refractivity contribution in [3.63, 3.8) is 0 Å². The van der Waals surface area contributed by atoms with Crippen LogP contribution < -0.4 is 5.32 Å². The van der Waals surface area contributed by atoms with Crippen LogP contribution in [-0.2, 0) is 7.05 Å². The summed E-state index contributed by atoms with van der Waals surface area (Å²) in [6, 6.07) is 15.8. The standard InChI is InChI=1S/C16H13BrClN3/c1-21-16(15(17)10-19-21)11-4-2-6-13(8-11)20-14-7-3-5-12(18)9-14/h2-10,20H,1H3. The lowest BCUT2D eigenvalue weighted by atomic mass is 10.1. The van der Waals surface area contributed by atoms with E-state index in [0.29, 0.717) is 5.02 Å². The van der Waals surface area contributed by atoms with Crippen molar-refractivity contribution < 1.29 is 0 Å². The summed E-state index contributed by atoms with van der Waals surface area (Å²) in [5.41, 5.74) is 4.10. The molecule has 0 bridgehead atoms. The molecule has 0 radical (unpaired) electrons. The third-order valence-electron chi connectivity index (χ3n) is 3.14. The lowest BCUT2D eigenvalue weighted by molar-refractivity contribution is 0.776. The van der Waals surface area contributed by atoms with Crippen LogP contribution in [0.15, 0.2) is 59.2 Å². The molecular weight excluding hydrogens is 350 g/mol. The van der Waals surface area contributed by atoms with E-state index in [1.807, 2.05) is 48.1 Å². The van der Waals surface area contributed by atoms with Crippen LogP contribution in [0, 0.1) is 0 Å². The van der Waals surface area contributed by atoms with Crippen molar-refractivity contribution in [1.29, 1.82) is 0 Å². The second kappa shape index (κ2) is 5.92. The summed E-state index contributed by atoms with van der Waals surface area (Å²) in [6.45, 7) is 0. The minimum absolute atomic E-state index is 0.713. The third-order valence-corrected chi connectivity index (χ3v) is 3.96. The zero-order chi connectivity index (χ0) is 14.8. The minimum atomic E-state index is 0.713. The summed E-state index contributed by atoms with van der Waals surface area (Å²) in [5.74, 6) is 0. The molecule has 3 rings (SSSR count). The third kappa shape index (κ3) is 3.12. The van der Waals surface area contributed by atoms with Crippen LogP contribution in [0.3, 0.4) is 0 Å². The van der Waals surface area contributed by atoms with Crippen molar-refractivity contribution in [1.82, 2.24) is 9.78 Å². The number of aromatic nitrogens is 2. The lowest BCUT2D eigenvalue weighted by Crippen LogP contribution is -1.95. The van der Waals surface area contributed by atoms with Crippen molar-refractivity contribution in [2.45, 2.75) is 0 Å². The van der Waals surface area contributed by atoms with Gasteiger partial charge in [0.05, 0.1) is 16.4 Å². The highest BCUT2D eigenvalue weighted by atomic mass is 79.9. The quantitative estimate of drug-likeness (QED) is 0.690. The van der Waals surface area contributed by atoms with E-state index in [2.05, 4.69) is 38.5 Å². The molecule has 21 heavy (non-hydrogen) atoms. The van der Waals surface area contributed by atoms with Crippen LogP contribution in [0.2, 0.25) is 5.02 Å². The normalized spacial score (nSPS) is 10.6. The number of halogens is 2. The number of hydrogen-bond acceptors (Lipinski definition) is 2. The molecule has 0 amide bonds. The zero-order valence-electron chi connectivity index (χ0n) is 11.3. The van der Waals surface area contributed by atoms with Gasteiger partial charge in [0.1, 0.15) is 0 Å². The number of nitrogens with one attached hydrogen (secondary N) is 1. The second-order valence-electron chi connectivity index (χ2n) is 4.68. The molecule has 0 aliphatic heterocycles. The van der Waals surface area contributed by atoms with Gasteiger partial charge in [0.15, 0.2) is 0 Å². The Morgan fingerprint density at radius 1 is 1.10 bits per heavy atom. The Morgan fingerprint density at radius 3 is 2.48 bits per heavy atom. The molecule has 0 saturated carbocycles. The van der Waals surface area contributed by atoms with E-state index >= 15 is 0 Å². The number of rotatable bonds is 3. The molecule has 0 unspecified atom stereocenters. The van der Waals surface area contributed by atoms with Gasteiger partial charge in [0.25, 0.3) is 0 Å². The van der Waals surface area contributed by atoms with E-state index in [-0.39, 0.29) is 0 Å². The summed E-state index contributed by atoms with van der Waals surface area (Å²) >= 11 is 9.54. The first-order chi connectivity index (χ1) is 10.1. The van der Waals surface area contributed by atoms with Gasteiger partial charge in [-0.25, -0.2) is 0 Å².